The first kappa shape index (κ1) is 21.9. The molecule has 168 valence electrons. The summed E-state index contributed by atoms with van der Waals surface area (Å²) in [5.74, 6) is -2.38. The van der Waals surface area contributed by atoms with Gasteiger partial charge < -0.3 is 15.0 Å². The summed E-state index contributed by atoms with van der Waals surface area (Å²) in [6.07, 6.45) is 3.20. The predicted octanol–water partition coefficient (Wildman–Crippen LogP) is 1.52. The number of hydrogen-bond donors (Lipinski definition) is 2. The summed E-state index contributed by atoms with van der Waals surface area (Å²) < 4.78 is 4.84. The number of aromatic amines is 1. The molecule has 3 aromatic rings. The molecule has 0 bridgehead atoms. The van der Waals surface area contributed by atoms with Gasteiger partial charge in [-0.1, -0.05) is 42.5 Å². The molecule has 2 N–H and O–H groups in total. The van der Waals surface area contributed by atoms with Crippen LogP contribution in [0.25, 0.3) is 0 Å². The largest absolute Gasteiger partial charge is 0.467 e. The first-order valence-corrected chi connectivity index (χ1v) is 10.4. The third-order valence-corrected chi connectivity index (χ3v) is 5.49. The Labute approximate surface area is 189 Å². The molecule has 0 fully saturated rings. The van der Waals surface area contributed by atoms with Gasteiger partial charge in [0.05, 0.1) is 24.6 Å². The van der Waals surface area contributed by atoms with Crippen molar-refractivity contribution in [2.45, 2.75) is 24.9 Å². The highest BCUT2D eigenvalue weighted by atomic mass is 16.5. The van der Waals surface area contributed by atoms with Gasteiger partial charge in [0, 0.05) is 24.7 Å². The van der Waals surface area contributed by atoms with Crippen molar-refractivity contribution in [3.63, 3.8) is 0 Å². The number of amides is 3. The Morgan fingerprint density at radius 1 is 1.00 bits per heavy atom. The molecule has 1 aliphatic rings. The van der Waals surface area contributed by atoms with Gasteiger partial charge in [0.25, 0.3) is 11.8 Å². The summed E-state index contributed by atoms with van der Waals surface area (Å²) in [6.45, 7) is 0. The summed E-state index contributed by atoms with van der Waals surface area (Å²) >= 11 is 0. The number of aromatic nitrogens is 2. The Bertz CT molecular complexity index is 1140. The fraction of sp³-hybridized carbons (Fsp3) is 0.208. The first-order chi connectivity index (χ1) is 16.0. The zero-order chi connectivity index (χ0) is 23.4. The van der Waals surface area contributed by atoms with E-state index in [0.29, 0.717) is 5.69 Å². The highest BCUT2D eigenvalue weighted by molar-refractivity contribution is 6.22. The van der Waals surface area contributed by atoms with E-state index in [9.17, 15) is 19.2 Å². The van der Waals surface area contributed by atoms with Gasteiger partial charge in [0.1, 0.15) is 12.1 Å². The van der Waals surface area contributed by atoms with Crippen molar-refractivity contribution in [2.24, 2.45) is 0 Å². The van der Waals surface area contributed by atoms with Gasteiger partial charge in [-0.25, -0.2) is 9.78 Å². The van der Waals surface area contributed by atoms with E-state index in [4.69, 9.17) is 4.74 Å². The van der Waals surface area contributed by atoms with E-state index >= 15 is 0 Å². The van der Waals surface area contributed by atoms with Crippen LogP contribution in [0.5, 0.6) is 0 Å². The minimum absolute atomic E-state index is 0.0933. The maximum Gasteiger partial charge on any atom is 0.328 e. The van der Waals surface area contributed by atoms with Crippen molar-refractivity contribution in [3.8, 4) is 0 Å². The maximum absolute atomic E-state index is 13.4. The molecular formula is C24H22N4O5. The molecule has 2 aromatic carbocycles. The quantitative estimate of drug-likeness (QED) is 0.400. The van der Waals surface area contributed by atoms with E-state index in [1.807, 2.05) is 18.2 Å². The van der Waals surface area contributed by atoms with Crippen LogP contribution in [0.2, 0.25) is 0 Å². The fourth-order valence-electron chi connectivity index (χ4n) is 3.85. The zero-order valence-electron chi connectivity index (χ0n) is 17.9. The van der Waals surface area contributed by atoms with Gasteiger partial charge in [0.2, 0.25) is 5.91 Å². The number of benzene rings is 2. The molecule has 0 spiro atoms. The molecule has 1 aliphatic heterocycles. The number of carbonyl (C=O) groups excluding carboxylic acids is 4. The Hall–Kier alpha value is -4.27. The lowest BCUT2D eigenvalue weighted by molar-refractivity contribution is -0.145. The van der Waals surface area contributed by atoms with Crippen LogP contribution in [-0.4, -0.2) is 57.8 Å². The number of esters is 1. The molecule has 2 atom stereocenters. The van der Waals surface area contributed by atoms with Crippen molar-refractivity contribution in [2.75, 3.05) is 7.11 Å². The third-order valence-electron chi connectivity index (χ3n) is 5.49. The molecule has 3 amide bonds. The molecule has 0 saturated carbocycles. The lowest BCUT2D eigenvalue weighted by atomic mass is 10.0. The summed E-state index contributed by atoms with van der Waals surface area (Å²) in [6, 6.07) is 13.3. The number of H-pyrrole nitrogens is 1. The average molecular weight is 446 g/mol. The van der Waals surface area contributed by atoms with Gasteiger partial charge in [-0.3, -0.25) is 19.3 Å². The molecule has 1 aromatic heterocycles. The Balaban J connectivity index is 1.64. The van der Waals surface area contributed by atoms with Crippen molar-refractivity contribution in [3.05, 3.63) is 89.5 Å². The maximum atomic E-state index is 13.4. The number of imide groups is 1. The normalized spacial score (nSPS) is 14.5. The average Bonchev–Trinajstić information content (AvgIpc) is 3.44. The second kappa shape index (κ2) is 9.47. The zero-order valence-corrected chi connectivity index (χ0v) is 17.9. The van der Waals surface area contributed by atoms with Crippen LogP contribution >= 0.6 is 0 Å². The predicted molar refractivity (Wildman–Crippen MR) is 117 cm³/mol. The van der Waals surface area contributed by atoms with Crippen LogP contribution in [0.1, 0.15) is 32.0 Å². The molecule has 9 heteroatoms. The fourth-order valence-corrected chi connectivity index (χ4v) is 3.85. The molecule has 0 saturated heterocycles. The first-order valence-electron chi connectivity index (χ1n) is 10.4. The molecule has 9 nitrogen and oxygen atoms in total. The van der Waals surface area contributed by atoms with E-state index in [1.165, 1.54) is 19.6 Å². The van der Waals surface area contributed by atoms with Gasteiger partial charge in [0.15, 0.2) is 0 Å². The number of rotatable bonds is 8. The van der Waals surface area contributed by atoms with E-state index in [2.05, 4.69) is 15.3 Å². The second-order valence-electron chi connectivity index (χ2n) is 7.60. The molecule has 0 radical (unpaired) electrons. The van der Waals surface area contributed by atoms with Crippen LogP contribution in [0.15, 0.2) is 67.1 Å². The molecule has 0 aliphatic carbocycles. The third kappa shape index (κ3) is 4.52. The Morgan fingerprint density at radius 2 is 1.64 bits per heavy atom. The number of nitrogens with zero attached hydrogens (tertiary/aromatic N) is 2. The number of methoxy groups -OCH3 is 1. The smallest absolute Gasteiger partial charge is 0.328 e. The lowest BCUT2D eigenvalue weighted by Crippen LogP contribution is -2.54. The van der Waals surface area contributed by atoms with Crippen molar-refractivity contribution in [1.29, 1.82) is 0 Å². The van der Waals surface area contributed by atoms with E-state index in [0.717, 1.165) is 10.5 Å². The molecule has 2 heterocycles. The van der Waals surface area contributed by atoms with Gasteiger partial charge in [-0.2, -0.15) is 0 Å². The highest BCUT2D eigenvalue weighted by Gasteiger charge is 2.43. The Morgan fingerprint density at radius 3 is 2.21 bits per heavy atom. The van der Waals surface area contributed by atoms with Crippen LogP contribution in [-0.2, 0) is 27.2 Å². The monoisotopic (exact) mass is 446 g/mol. The van der Waals surface area contributed by atoms with Gasteiger partial charge >= 0.3 is 5.97 Å². The van der Waals surface area contributed by atoms with Crippen molar-refractivity contribution >= 4 is 23.7 Å². The number of carbonyl (C=O) groups is 4. The summed E-state index contributed by atoms with van der Waals surface area (Å²) in [5.41, 5.74) is 1.87. The minimum Gasteiger partial charge on any atom is -0.467 e. The van der Waals surface area contributed by atoms with Crippen molar-refractivity contribution in [1.82, 2.24) is 20.2 Å². The number of hydrogen-bond acceptors (Lipinski definition) is 6. The van der Waals surface area contributed by atoms with Crippen LogP contribution < -0.4 is 5.32 Å². The number of ether oxygens (including phenoxy) is 1. The standard InChI is InChI=1S/C24H22N4O5/c1-33-24(32)19(12-16-13-25-14-26-16)27-21(29)20(11-15-7-3-2-4-8-15)28-22(30)17-9-5-6-10-18(17)23(28)31/h2-10,13-14,19-20H,11-12H2,1H3,(H,25,26)(H,27,29)/t19-,20-/m1/s1. The van der Waals surface area contributed by atoms with E-state index in [-0.39, 0.29) is 24.0 Å². The van der Waals surface area contributed by atoms with Gasteiger partial charge in [-0.15, -0.1) is 0 Å². The number of fused-ring (bicyclic) bond motifs is 1. The van der Waals surface area contributed by atoms with E-state index in [1.54, 1.807) is 36.4 Å². The summed E-state index contributed by atoms with van der Waals surface area (Å²) in [5, 5.41) is 2.66. The SMILES string of the molecule is COC(=O)[C@@H](Cc1cnc[nH]1)NC(=O)[C@@H](Cc1ccccc1)N1C(=O)c2ccccc2C1=O. The van der Waals surface area contributed by atoms with Crippen LogP contribution in [0.3, 0.4) is 0 Å². The molecular weight excluding hydrogens is 424 g/mol. The van der Waals surface area contributed by atoms with Crippen molar-refractivity contribution < 1.29 is 23.9 Å². The van der Waals surface area contributed by atoms with Gasteiger partial charge in [-0.05, 0) is 17.7 Å². The van der Waals surface area contributed by atoms with Crippen LogP contribution in [0.4, 0.5) is 0 Å². The second-order valence-corrected chi connectivity index (χ2v) is 7.60. The molecule has 33 heavy (non-hydrogen) atoms. The lowest BCUT2D eigenvalue weighted by Gasteiger charge is -2.27. The van der Waals surface area contributed by atoms with Crippen LogP contribution in [0, 0.1) is 0 Å². The minimum atomic E-state index is -1.16. The molecule has 0 unspecified atom stereocenters. The highest BCUT2D eigenvalue weighted by Crippen LogP contribution is 2.26. The topological polar surface area (TPSA) is 121 Å². The number of nitrogens with one attached hydrogen (secondary N) is 2. The summed E-state index contributed by atoms with van der Waals surface area (Å²) in [7, 11) is 1.22. The molecule has 4 rings (SSSR count). The van der Waals surface area contributed by atoms with E-state index < -0.39 is 35.8 Å². The summed E-state index contributed by atoms with van der Waals surface area (Å²) in [4.78, 5) is 59.8. The number of imidazole rings is 1. The Kier molecular flexibility index (Phi) is 6.30.